The molecule has 0 N–H and O–H groups in total. The van der Waals surface area contributed by atoms with Crippen molar-refractivity contribution in [1.82, 2.24) is 0 Å². The molecular weight excluding hydrogens is 364 g/mol. The molecule has 0 radical (unpaired) electrons. The van der Waals surface area contributed by atoms with E-state index in [1.54, 1.807) is 6.92 Å². The lowest BCUT2D eigenvalue weighted by Crippen LogP contribution is -2.45. The summed E-state index contributed by atoms with van der Waals surface area (Å²) in [5.74, 6) is -2.29. The van der Waals surface area contributed by atoms with Crippen molar-refractivity contribution in [2.45, 2.75) is 19.1 Å². The van der Waals surface area contributed by atoms with Gasteiger partial charge in [-0.2, -0.15) is 0 Å². The van der Waals surface area contributed by atoms with Crippen LogP contribution >= 0.6 is 0 Å². The number of carbonyl (C=O) groups is 3. The van der Waals surface area contributed by atoms with Crippen molar-refractivity contribution >= 4 is 23.5 Å². The van der Waals surface area contributed by atoms with Crippen LogP contribution in [-0.2, 0) is 33.3 Å². The van der Waals surface area contributed by atoms with E-state index >= 15 is 0 Å². The minimum atomic E-state index is -0.733. The monoisotopic (exact) mass is 384 g/mol. The second-order valence-corrected chi connectivity index (χ2v) is 6.75. The third-order valence-electron chi connectivity index (χ3n) is 5.54. The molecule has 3 aliphatic rings. The van der Waals surface area contributed by atoms with Crippen molar-refractivity contribution in [1.29, 1.82) is 0 Å². The van der Waals surface area contributed by atoms with Gasteiger partial charge in [-0.3, -0.25) is 0 Å². The number of methoxy groups -OCH3 is 2. The zero-order valence-corrected chi connectivity index (χ0v) is 15.8. The predicted molar refractivity (Wildman–Crippen MR) is 96.7 cm³/mol. The van der Waals surface area contributed by atoms with Gasteiger partial charge in [0.05, 0.1) is 44.2 Å². The summed E-state index contributed by atoms with van der Waals surface area (Å²) in [4.78, 5) is 37.4. The fourth-order valence-electron chi connectivity index (χ4n) is 4.52. The molecule has 0 spiro atoms. The van der Waals surface area contributed by atoms with Crippen LogP contribution in [0.2, 0.25) is 0 Å². The van der Waals surface area contributed by atoms with Crippen LogP contribution in [0.1, 0.15) is 12.5 Å². The highest BCUT2D eigenvalue weighted by molar-refractivity contribution is 6.09. The van der Waals surface area contributed by atoms with Crippen LogP contribution in [-0.4, -0.2) is 50.9 Å². The minimum absolute atomic E-state index is 0.134. The van der Waals surface area contributed by atoms with Gasteiger partial charge in [0, 0.05) is 17.4 Å². The Morgan fingerprint density at radius 3 is 1.96 bits per heavy atom. The maximum absolute atomic E-state index is 12.7. The lowest BCUT2D eigenvalue weighted by molar-refractivity contribution is -0.141. The Bertz CT molecular complexity index is 912. The normalized spacial score (nSPS) is 27.2. The molecule has 1 fully saturated rings. The molecule has 4 unspecified atom stereocenters. The number of benzene rings is 1. The standard InChI is InChI=1S/C21H20O7/c1-4-27-21(24)14-11(10-8-6-5-7-9-10)12-13(14)18-16(20(23)26-3)15(17(12)28-18)19(22)25-2/h5-9,12-13,17-18H,4H2,1-3H3. The third kappa shape index (κ3) is 2.43. The van der Waals surface area contributed by atoms with E-state index in [2.05, 4.69) is 0 Å². The first-order valence-electron chi connectivity index (χ1n) is 9.07. The van der Waals surface area contributed by atoms with E-state index in [0.717, 1.165) is 11.1 Å². The van der Waals surface area contributed by atoms with Crippen LogP contribution < -0.4 is 0 Å². The molecule has 2 heterocycles. The second kappa shape index (κ2) is 6.91. The molecule has 7 nitrogen and oxygen atoms in total. The maximum atomic E-state index is 12.7. The topological polar surface area (TPSA) is 88.1 Å². The molecule has 7 heteroatoms. The van der Waals surface area contributed by atoms with Gasteiger partial charge in [-0.25, -0.2) is 14.4 Å². The fraction of sp³-hybridized carbons (Fsp3) is 0.381. The first kappa shape index (κ1) is 18.4. The molecule has 146 valence electrons. The van der Waals surface area contributed by atoms with Gasteiger partial charge in [-0.05, 0) is 18.1 Å². The summed E-state index contributed by atoms with van der Waals surface area (Å²) in [6.07, 6.45) is -1.40. The molecule has 1 aromatic rings. The molecular formula is C21H20O7. The highest BCUT2D eigenvalue weighted by Gasteiger charge is 2.66. The first-order chi connectivity index (χ1) is 13.5. The lowest BCUT2D eigenvalue weighted by Gasteiger charge is -2.41. The number of ether oxygens (including phenoxy) is 4. The molecule has 0 saturated carbocycles. The van der Waals surface area contributed by atoms with Gasteiger partial charge in [0.25, 0.3) is 0 Å². The van der Waals surface area contributed by atoms with Crippen molar-refractivity contribution in [2.75, 3.05) is 20.8 Å². The van der Waals surface area contributed by atoms with Crippen LogP contribution in [0.3, 0.4) is 0 Å². The van der Waals surface area contributed by atoms with Crippen molar-refractivity contribution in [3.8, 4) is 0 Å². The predicted octanol–water partition coefficient (Wildman–Crippen LogP) is 1.67. The Balaban J connectivity index is 1.83. The number of hydrogen-bond donors (Lipinski definition) is 0. The Labute approximate surface area is 161 Å². The van der Waals surface area contributed by atoms with Gasteiger partial charge in [0.2, 0.25) is 0 Å². The SMILES string of the molecule is CCOC(=O)C1=C(c2ccccc2)C2C3OC(C(C(=O)OC)=C3C(=O)OC)C12. The molecule has 1 aromatic carbocycles. The van der Waals surface area contributed by atoms with Gasteiger partial charge < -0.3 is 18.9 Å². The Morgan fingerprint density at radius 2 is 1.43 bits per heavy atom. The number of esters is 3. The first-order valence-corrected chi connectivity index (χ1v) is 9.07. The van der Waals surface area contributed by atoms with Crippen LogP contribution in [0, 0.1) is 11.8 Å². The summed E-state index contributed by atoms with van der Waals surface area (Å²) in [5, 5.41) is 0. The molecule has 2 bridgehead atoms. The highest BCUT2D eigenvalue weighted by atomic mass is 16.6. The zero-order valence-electron chi connectivity index (χ0n) is 15.8. The van der Waals surface area contributed by atoms with E-state index in [-0.39, 0.29) is 29.6 Å². The van der Waals surface area contributed by atoms with Crippen molar-refractivity contribution in [2.24, 2.45) is 11.8 Å². The Morgan fingerprint density at radius 1 is 0.857 bits per heavy atom. The number of carbonyl (C=O) groups excluding carboxylic acids is 3. The van der Waals surface area contributed by atoms with E-state index in [9.17, 15) is 14.4 Å². The summed E-state index contributed by atoms with van der Waals surface area (Å²) in [6.45, 7) is 1.98. The maximum Gasteiger partial charge on any atom is 0.337 e. The van der Waals surface area contributed by atoms with E-state index in [4.69, 9.17) is 18.9 Å². The molecule has 0 amide bonds. The number of rotatable bonds is 5. The summed E-state index contributed by atoms with van der Waals surface area (Å²) in [6, 6.07) is 9.45. The summed E-state index contributed by atoms with van der Waals surface area (Å²) >= 11 is 0. The smallest absolute Gasteiger partial charge is 0.337 e. The van der Waals surface area contributed by atoms with Gasteiger partial charge in [0.15, 0.2) is 0 Å². The quantitative estimate of drug-likeness (QED) is 0.564. The third-order valence-corrected chi connectivity index (χ3v) is 5.54. The zero-order chi connectivity index (χ0) is 20.0. The molecule has 2 aliphatic heterocycles. The number of fused-ring (bicyclic) bond motifs is 5. The molecule has 1 aliphatic carbocycles. The second-order valence-electron chi connectivity index (χ2n) is 6.75. The highest BCUT2D eigenvalue weighted by Crippen LogP contribution is 2.62. The van der Waals surface area contributed by atoms with Gasteiger partial charge in [-0.15, -0.1) is 0 Å². The van der Waals surface area contributed by atoms with Crippen molar-refractivity contribution in [3.05, 3.63) is 52.6 Å². The fourth-order valence-corrected chi connectivity index (χ4v) is 4.52. The molecule has 0 aromatic heterocycles. The number of hydrogen-bond acceptors (Lipinski definition) is 7. The lowest BCUT2D eigenvalue weighted by atomic mass is 9.58. The van der Waals surface area contributed by atoms with E-state index in [1.807, 2.05) is 30.3 Å². The largest absolute Gasteiger partial charge is 0.466 e. The van der Waals surface area contributed by atoms with Crippen LogP contribution in [0.4, 0.5) is 0 Å². The Kier molecular flexibility index (Phi) is 4.55. The van der Waals surface area contributed by atoms with Gasteiger partial charge in [-0.1, -0.05) is 30.3 Å². The van der Waals surface area contributed by atoms with Gasteiger partial charge >= 0.3 is 17.9 Å². The molecule has 4 atom stereocenters. The Hall–Kier alpha value is -2.93. The molecule has 28 heavy (non-hydrogen) atoms. The van der Waals surface area contributed by atoms with Crippen molar-refractivity contribution in [3.63, 3.8) is 0 Å². The summed E-state index contributed by atoms with van der Waals surface area (Å²) < 4.78 is 21.0. The van der Waals surface area contributed by atoms with E-state index < -0.39 is 30.1 Å². The minimum Gasteiger partial charge on any atom is -0.466 e. The summed E-state index contributed by atoms with van der Waals surface area (Å²) in [5.41, 5.74) is 2.47. The summed E-state index contributed by atoms with van der Waals surface area (Å²) in [7, 11) is 2.50. The van der Waals surface area contributed by atoms with Crippen LogP contribution in [0.5, 0.6) is 0 Å². The van der Waals surface area contributed by atoms with E-state index in [0.29, 0.717) is 5.57 Å². The van der Waals surface area contributed by atoms with Crippen LogP contribution in [0.15, 0.2) is 47.1 Å². The van der Waals surface area contributed by atoms with Crippen LogP contribution in [0.25, 0.3) is 5.57 Å². The van der Waals surface area contributed by atoms with Gasteiger partial charge in [0.1, 0.15) is 0 Å². The van der Waals surface area contributed by atoms with E-state index in [1.165, 1.54) is 14.2 Å². The van der Waals surface area contributed by atoms with Crippen molar-refractivity contribution < 1.29 is 33.3 Å². The molecule has 4 rings (SSSR count). The molecule has 1 saturated heterocycles. The average molecular weight is 384 g/mol. The average Bonchev–Trinajstić information content (AvgIpc) is 3.20.